The van der Waals surface area contributed by atoms with E-state index in [4.69, 9.17) is 0 Å². The first-order valence-corrected chi connectivity index (χ1v) is 7.82. The van der Waals surface area contributed by atoms with Crippen molar-refractivity contribution in [2.45, 2.75) is 31.2 Å². The Balaban J connectivity index is 1.88. The second-order valence-corrected chi connectivity index (χ2v) is 5.89. The van der Waals surface area contributed by atoms with Crippen LogP contribution in [-0.2, 0) is 25.1 Å². The smallest absolute Gasteiger partial charge is 0.312 e. The molecule has 0 heterocycles. The zero-order valence-electron chi connectivity index (χ0n) is 13.8. The van der Waals surface area contributed by atoms with Gasteiger partial charge in [0, 0.05) is 12.1 Å². The summed E-state index contributed by atoms with van der Waals surface area (Å²) in [6, 6.07) is 8.56. The lowest BCUT2D eigenvalue weighted by atomic mass is 10.1. The second-order valence-electron chi connectivity index (χ2n) is 5.89. The number of hydrogen-bond acceptors (Lipinski definition) is 1. The molecule has 9 heteroatoms. The molecule has 1 N–H and O–H groups in total. The fourth-order valence-corrected chi connectivity index (χ4v) is 2.36. The van der Waals surface area contributed by atoms with Crippen molar-refractivity contribution in [3.8, 4) is 0 Å². The van der Waals surface area contributed by atoms with Crippen molar-refractivity contribution in [2.24, 2.45) is 0 Å². The van der Waals surface area contributed by atoms with Crippen LogP contribution in [0.15, 0.2) is 48.5 Å². The number of alkyl halides is 8. The second kappa shape index (κ2) is 7.84. The van der Waals surface area contributed by atoms with Gasteiger partial charge in [0.2, 0.25) is 0 Å². The molecule has 0 aliphatic carbocycles. The van der Waals surface area contributed by atoms with Crippen LogP contribution in [0.4, 0.5) is 35.1 Å². The summed E-state index contributed by atoms with van der Waals surface area (Å²) in [7, 11) is 0. The van der Waals surface area contributed by atoms with E-state index in [-0.39, 0.29) is 6.54 Å². The predicted molar refractivity (Wildman–Crippen MR) is 83.2 cm³/mol. The Kier molecular flexibility index (Phi) is 6.14. The molecule has 0 amide bonds. The summed E-state index contributed by atoms with van der Waals surface area (Å²) in [5, 5.41) is 2.91. The van der Waals surface area contributed by atoms with Gasteiger partial charge in [0.05, 0.1) is 5.56 Å². The van der Waals surface area contributed by atoms with Crippen LogP contribution >= 0.6 is 0 Å². The fraction of sp³-hybridized carbons (Fsp3) is 0.333. The molecule has 2 aromatic carbocycles. The van der Waals surface area contributed by atoms with E-state index in [9.17, 15) is 35.1 Å². The molecule has 1 nitrogen and oxygen atoms in total. The quantitative estimate of drug-likeness (QED) is 0.488. The summed E-state index contributed by atoms with van der Waals surface area (Å²) in [5.41, 5.74) is -0.956. The highest BCUT2D eigenvalue weighted by atomic mass is 19.4. The van der Waals surface area contributed by atoms with Gasteiger partial charge in [0.25, 0.3) is 0 Å². The highest BCUT2D eigenvalue weighted by molar-refractivity contribution is 5.27. The van der Waals surface area contributed by atoms with Gasteiger partial charge in [-0.3, -0.25) is 0 Å². The van der Waals surface area contributed by atoms with Gasteiger partial charge < -0.3 is 5.32 Å². The molecule has 148 valence electrons. The van der Waals surface area contributed by atoms with Gasteiger partial charge in [-0.1, -0.05) is 42.5 Å². The summed E-state index contributed by atoms with van der Waals surface area (Å²) in [6.07, 6.45) is -9.80. The third-order valence-corrected chi connectivity index (χ3v) is 3.85. The van der Waals surface area contributed by atoms with Crippen LogP contribution in [0.25, 0.3) is 0 Å². The van der Waals surface area contributed by atoms with E-state index in [1.54, 1.807) is 6.07 Å². The Morgan fingerprint density at radius 2 is 1.33 bits per heavy atom. The molecule has 0 bridgehead atoms. The summed E-state index contributed by atoms with van der Waals surface area (Å²) < 4.78 is 101. The molecule has 0 aromatic heterocycles. The number of nitrogens with one attached hydrogen (secondary N) is 1. The van der Waals surface area contributed by atoms with Gasteiger partial charge >= 0.3 is 18.3 Å². The largest absolute Gasteiger partial charge is 0.458 e. The van der Waals surface area contributed by atoms with Crippen LogP contribution in [0.5, 0.6) is 0 Å². The van der Waals surface area contributed by atoms with E-state index in [0.29, 0.717) is 36.2 Å². The van der Waals surface area contributed by atoms with E-state index in [1.807, 2.05) is 0 Å². The van der Waals surface area contributed by atoms with Gasteiger partial charge in [0.1, 0.15) is 0 Å². The predicted octanol–water partition coefficient (Wildman–Crippen LogP) is 5.69. The SMILES string of the molecule is FC(F)(F)c1cccc(CCNCc2ccc(C(F)(F)C(F)(F)F)cc2)c1. The molecular weight excluding hydrogens is 382 g/mol. The topological polar surface area (TPSA) is 12.0 Å². The Hall–Kier alpha value is -2.16. The van der Waals surface area contributed by atoms with E-state index in [0.717, 1.165) is 24.3 Å². The number of halogens is 8. The average Bonchev–Trinajstić information content (AvgIpc) is 2.58. The van der Waals surface area contributed by atoms with Gasteiger partial charge in [-0.15, -0.1) is 0 Å². The summed E-state index contributed by atoms with van der Waals surface area (Å²) in [6.45, 7) is 0.485. The van der Waals surface area contributed by atoms with Crippen LogP contribution < -0.4 is 5.32 Å². The summed E-state index contributed by atoms with van der Waals surface area (Å²) in [5.74, 6) is -4.93. The molecule has 0 radical (unpaired) electrons. The molecular formula is C18H15F8N. The first kappa shape index (κ1) is 21.1. The zero-order valence-corrected chi connectivity index (χ0v) is 13.8. The molecule has 0 atom stereocenters. The Morgan fingerprint density at radius 1 is 0.704 bits per heavy atom. The van der Waals surface area contributed by atoms with Crippen molar-refractivity contribution >= 4 is 0 Å². The number of hydrogen-bond donors (Lipinski definition) is 1. The third-order valence-electron chi connectivity index (χ3n) is 3.85. The third kappa shape index (κ3) is 5.41. The van der Waals surface area contributed by atoms with Crippen LogP contribution in [0.1, 0.15) is 22.3 Å². The molecule has 0 fully saturated rings. The first-order valence-electron chi connectivity index (χ1n) is 7.82. The Bertz CT molecular complexity index is 747. The zero-order chi connectivity index (χ0) is 20.3. The molecule has 0 aliphatic heterocycles. The Morgan fingerprint density at radius 3 is 1.89 bits per heavy atom. The fourth-order valence-electron chi connectivity index (χ4n) is 2.36. The van der Waals surface area contributed by atoms with Crippen LogP contribution in [0, 0.1) is 0 Å². The summed E-state index contributed by atoms with van der Waals surface area (Å²) in [4.78, 5) is 0. The van der Waals surface area contributed by atoms with Crippen molar-refractivity contribution in [1.82, 2.24) is 5.32 Å². The van der Waals surface area contributed by atoms with Crippen molar-refractivity contribution in [2.75, 3.05) is 6.54 Å². The molecule has 0 aliphatic rings. The number of rotatable bonds is 6. The summed E-state index contributed by atoms with van der Waals surface area (Å²) >= 11 is 0. The Labute approximate surface area is 150 Å². The maximum Gasteiger partial charge on any atom is 0.458 e. The minimum atomic E-state index is -5.67. The highest BCUT2D eigenvalue weighted by Gasteiger charge is 2.58. The van der Waals surface area contributed by atoms with Gasteiger partial charge in [-0.25, -0.2) is 0 Å². The van der Waals surface area contributed by atoms with E-state index in [2.05, 4.69) is 5.32 Å². The molecule has 0 spiro atoms. The number of benzene rings is 2. The van der Waals surface area contributed by atoms with Crippen molar-refractivity contribution in [3.05, 3.63) is 70.8 Å². The van der Waals surface area contributed by atoms with Crippen molar-refractivity contribution in [1.29, 1.82) is 0 Å². The van der Waals surface area contributed by atoms with E-state index < -0.39 is 29.4 Å². The molecule has 0 saturated carbocycles. The van der Waals surface area contributed by atoms with Crippen LogP contribution in [0.2, 0.25) is 0 Å². The van der Waals surface area contributed by atoms with Crippen LogP contribution in [-0.4, -0.2) is 12.7 Å². The van der Waals surface area contributed by atoms with Crippen molar-refractivity contribution in [3.63, 3.8) is 0 Å². The normalized spacial score (nSPS) is 13.0. The minimum absolute atomic E-state index is 0.177. The average molecular weight is 397 g/mol. The van der Waals surface area contributed by atoms with Crippen molar-refractivity contribution < 1.29 is 35.1 Å². The molecule has 0 saturated heterocycles. The van der Waals surface area contributed by atoms with Crippen LogP contribution in [0.3, 0.4) is 0 Å². The lowest BCUT2D eigenvalue weighted by Gasteiger charge is -2.20. The van der Waals surface area contributed by atoms with Gasteiger partial charge in [0.15, 0.2) is 0 Å². The van der Waals surface area contributed by atoms with E-state index in [1.165, 1.54) is 6.07 Å². The first-order chi connectivity index (χ1) is 12.4. The van der Waals surface area contributed by atoms with Gasteiger partial charge in [-0.05, 0) is 30.2 Å². The lowest BCUT2D eigenvalue weighted by molar-refractivity contribution is -0.289. The maximum atomic E-state index is 13.2. The highest BCUT2D eigenvalue weighted by Crippen LogP contribution is 2.43. The van der Waals surface area contributed by atoms with Gasteiger partial charge in [-0.2, -0.15) is 35.1 Å². The standard InChI is InChI=1S/C18H15F8N/c19-16(20,18(24,25)26)14-6-4-13(5-7-14)11-27-9-8-12-2-1-3-15(10-12)17(21,22)23/h1-7,10,27H,8-9,11H2. The molecule has 2 aromatic rings. The maximum absolute atomic E-state index is 13.2. The lowest BCUT2D eigenvalue weighted by Crippen LogP contribution is -2.33. The molecule has 27 heavy (non-hydrogen) atoms. The molecule has 0 unspecified atom stereocenters. The monoisotopic (exact) mass is 397 g/mol. The molecule has 2 rings (SSSR count). The van der Waals surface area contributed by atoms with E-state index >= 15 is 0 Å². The minimum Gasteiger partial charge on any atom is -0.312 e.